The average molecular weight is 550 g/mol. The molecule has 0 bridgehead atoms. The molecule has 3 aromatic carbocycles. The summed E-state index contributed by atoms with van der Waals surface area (Å²) in [6, 6.07) is 16.0. The number of sulfonamides is 1. The number of rotatable bonds is 9. The molecule has 0 aromatic heterocycles. The average Bonchev–Trinajstić information content (AvgIpc) is 2.84. The first kappa shape index (κ1) is 25.2. The molecule has 34 heavy (non-hydrogen) atoms. The number of benzene rings is 3. The van der Waals surface area contributed by atoms with Crippen LogP contribution >= 0.6 is 15.9 Å². The van der Waals surface area contributed by atoms with Gasteiger partial charge in [0, 0.05) is 10.5 Å². The monoisotopic (exact) mass is 549 g/mol. The van der Waals surface area contributed by atoms with Crippen LogP contribution in [0.2, 0.25) is 0 Å². The van der Waals surface area contributed by atoms with E-state index >= 15 is 0 Å². The molecule has 0 fully saturated rings. The van der Waals surface area contributed by atoms with Gasteiger partial charge in [-0.15, -0.1) is 0 Å². The van der Waals surface area contributed by atoms with Crippen molar-refractivity contribution in [2.45, 2.75) is 4.90 Å². The first-order valence-electron chi connectivity index (χ1n) is 9.82. The van der Waals surface area contributed by atoms with E-state index in [0.717, 1.165) is 26.5 Å². The number of nitrogens with zero attached hydrogens (tertiary/aromatic N) is 2. The Morgan fingerprint density at radius 1 is 1.03 bits per heavy atom. The van der Waals surface area contributed by atoms with Gasteiger partial charge >= 0.3 is 0 Å². The van der Waals surface area contributed by atoms with Crippen molar-refractivity contribution in [3.05, 3.63) is 82.6 Å². The minimum absolute atomic E-state index is 0.100. The summed E-state index contributed by atoms with van der Waals surface area (Å²) < 4.78 is 52.5. The smallest absolute Gasteiger partial charge is 0.264 e. The van der Waals surface area contributed by atoms with E-state index in [4.69, 9.17) is 9.47 Å². The summed E-state index contributed by atoms with van der Waals surface area (Å²) in [6.07, 6.45) is 1.43. The van der Waals surface area contributed by atoms with Gasteiger partial charge < -0.3 is 9.47 Å². The highest BCUT2D eigenvalue weighted by Crippen LogP contribution is 2.32. The van der Waals surface area contributed by atoms with E-state index in [1.807, 2.05) is 12.1 Å². The lowest BCUT2D eigenvalue weighted by atomic mass is 10.2. The molecule has 0 unspecified atom stereocenters. The molecule has 0 saturated heterocycles. The molecule has 11 heteroatoms. The third-order valence-corrected chi connectivity index (χ3v) is 6.92. The van der Waals surface area contributed by atoms with Crippen LogP contribution in [0.1, 0.15) is 5.56 Å². The molecule has 1 amide bonds. The normalized spacial score (nSPS) is 11.3. The van der Waals surface area contributed by atoms with Gasteiger partial charge in [-0.05, 0) is 54.1 Å². The zero-order valence-electron chi connectivity index (χ0n) is 18.2. The maximum absolute atomic E-state index is 13.5. The summed E-state index contributed by atoms with van der Waals surface area (Å²) in [5.74, 6) is -0.696. The van der Waals surface area contributed by atoms with Gasteiger partial charge in [-0.2, -0.15) is 5.10 Å². The summed E-state index contributed by atoms with van der Waals surface area (Å²) in [5, 5.41) is 3.88. The summed E-state index contributed by atoms with van der Waals surface area (Å²) in [6.45, 7) is -0.597. The first-order chi connectivity index (χ1) is 16.2. The molecular formula is C23H21BrFN3O5S. The zero-order chi connectivity index (χ0) is 24.7. The predicted octanol–water partition coefficient (Wildman–Crippen LogP) is 3.95. The molecule has 8 nitrogen and oxygen atoms in total. The third-order valence-electron chi connectivity index (χ3n) is 4.62. The minimum atomic E-state index is -4.24. The molecule has 178 valence electrons. The summed E-state index contributed by atoms with van der Waals surface area (Å²) in [5.41, 5.74) is 3.15. The highest BCUT2D eigenvalue weighted by molar-refractivity contribution is 9.10. The molecule has 0 aliphatic carbocycles. The van der Waals surface area contributed by atoms with Gasteiger partial charge in [-0.3, -0.25) is 9.10 Å². The molecule has 3 aromatic rings. The Morgan fingerprint density at radius 3 is 2.29 bits per heavy atom. The molecule has 1 N–H and O–H groups in total. The maximum Gasteiger partial charge on any atom is 0.264 e. The Labute approximate surface area is 205 Å². The number of methoxy groups -OCH3 is 2. The molecule has 0 aliphatic heterocycles. The number of ether oxygens (including phenoxy) is 2. The van der Waals surface area contributed by atoms with E-state index < -0.39 is 28.3 Å². The number of carbonyl (C=O) groups excluding carboxylic acids is 1. The molecule has 0 atom stereocenters. The summed E-state index contributed by atoms with van der Waals surface area (Å²) in [4.78, 5) is 12.4. The van der Waals surface area contributed by atoms with Gasteiger partial charge in [-0.25, -0.2) is 18.2 Å². The second-order valence-corrected chi connectivity index (χ2v) is 9.63. The van der Waals surface area contributed by atoms with Crippen molar-refractivity contribution < 1.29 is 27.1 Å². The van der Waals surface area contributed by atoms with Gasteiger partial charge in [0.25, 0.3) is 15.9 Å². The molecule has 0 saturated carbocycles. The van der Waals surface area contributed by atoms with Gasteiger partial charge in [0.15, 0.2) is 11.5 Å². The van der Waals surface area contributed by atoms with Crippen molar-refractivity contribution in [3.8, 4) is 11.5 Å². The van der Waals surface area contributed by atoms with Gasteiger partial charge in [0.2, 0.25) is 0 Å². The number of hydrazone groups is 1. The Morgan fingerprint density at radius 2 is 1.68 bits per heavy atom. The standard InChI is InChI=1S/C23H21BrFN3O5S/c1-32-21-12-11-20(13-22(21)33-2)34(30,31)28(19-9-7-18(25)8-10-19)15-23(29)27-26-14-16-3-5-17(24)6-4-16/h3-14H,15H2,1-2H3,(H,27,29)/b26-14-. The molecule has 0 radical (unpaired) electrons. The van der Waals surface area contributed by atoms with E-state index in [1.54, 1.807) is 12.1 Å². The van der Waals surface area contributed by atoms with Crippen molar-refractivity contribution in [2.75, 3.05) is 25.1 Å². The molecule has 3 rings (SSSR count). The van der Waals surface area contributed by atoms with E-state index in [9.17, 15) is 17.6 Å². The van der Waals surface area contributed by atoms with Gasteiger partial charge in [0.1, 0.15) is 12.4 Å². The van der Waals surface area contributed by atoms with Crippen LogP contribution in [-0.4, -0.2) is 41.3 Å². The van der Waals surface area contributed by atoms with E-state index in [-0.39, 0.29) is 16.3 Å². The quantitative estimate of drug-likeness (QED) is 0.322. The number of anilines is 1. The zero-order valence-corrected chi connectivity index (χ0v) is 20.6. The highest BCUT2D eigenvalue weighted by Gasteiger charge is 2.28. The van der Waals surface area contributed by atoms with Crippen molar-refractivity contribution >= 4 is 43.8 Å². The minimum Gasteiger partial charge on any atom is -0.493 e. The van der Waals surface area contributed by atoms with Crippen molar-refractivity contribution in [1.82, 2.24) is 5.43 Å². The third kappa shape index (κ3) is 6.12. The van der Waals surface area contributed by atoms with E-state index in [1.165, 1.54) is 50.8 Å². The lowest BCUT2D eigenvalue weighted by molar-refractivity contribution is -0.119. The fourth-order valence-electron chi connectivity index (χ4n) is 2.92. The van der Waals surface area contributed by atoms with Crippen LogP contribution in [0, 0.1) is 5.82 Å². The lowest BCUT2D eigenvalue weighted by Gasteiger charge is -2.24. The Hall–Kier alpha value is -3.44. The molecule has 0 heterocycles. The van der Waals surface area contributed by atoms with Crippen LogP contribution in [0.25, 0.3) is 0 Å². The highest BCUT2D eigenvalue weighted by atomic mass is 79.9. The summed E-state index contributed by atoms with van der Waals surface area (Å²) >= 11 is 3.33. The second-order valence-electron chi connectivity index (χ2n) is 6.85. The van der Waals surface area contributed by atoms with Crippen molar-refractivity contribution in [3.63, 3.8) is 0 Å². The van der Waals surface area contributed by atoms with Crippen molar-refractivity contribution in [1.29, 1.82) is 0 Å². The van der Waals surface area contributed by atoms with Crippen LogP contribution in [0.5, 0.6) is 11.5 Å². The van der Waals surface area contributed by atoms with Crippen LogP contribution in [-0.2, 0) is 14.8 Å². The largest absolute Gasteiger partial charge is 0.493 e. The Kier molecular flexibility index (Phi) is 8.24. The number of halogens is 2. The van der Waals surface area contributed by atoms with Crippen LogP contribution < -0.4 is 19.2 Å². The number of hydrogen-bond donors (Lipinski definition) is 1. The van der Waals surface area contributed by atoms with E-state index in [2.05, 4.69) is 26.5 Å². The number of hydrogen-bond acceptors (Lipinski definition) is 6. The number of nitrogens with one attached hydrogen (secondary N) is 1. The van der Waals surface area contributed by atoms with E-state index in [0.29, 0.717) is 5.75 Å². The SMILES string of the molecule is COc1ccc(S(=O)(=O)N(CC(=O)N/N=C\c2ccc(Br)cc2)c2ccc(F)cc2)cc1OC. The second kappa shape index (κ2) is 11.1. The Bertz CT molecular complexity index is 1280. The molecule has 0 spiro atoms. The van der Waals surface area contributed by atoms with Crippen molar-refractivity contribution in [2.24, 2.45) is 5.10 Å². The lowest BCUT2D eigenvalue weighted by Crippen LogP contribution is -2.39. The Balaban J connectivity index is 1.88. The topological polar surface area (TPSA) is 97.3 Å². The summed E-state index contributed by atoms with van der Waals surface area (Å²) in [7, 11) is -1.44. The fraction of sp³-hybridized carbons (Fsp3) is 0.130. The van der Waals surface area contributed by atoms with Gasteiger partial charge in [-0.1, -0.05) is 28.1 Å². The van der Waals surface area contributed by atoms with Crippen LogP contribution in [0.4, 0.5) is 10.1 Å². The fourth-order valence-corrected chi connectivity index (χ4v) is 4.62. The number of carbonyl (C=O) groups is 1. The predicted molar refractivity (Wildman–Crippen MR) is 130 cm³/mol. The van der Waals surface area contributed by atoms with Crippen LogP contribution in [0.3, 0.4) is 0 Å². The molecular weight excluding hydrogens is 529 g/mol. The maximum atomic E-state index is 13.5. The number of amides is 1. The first-order valence-corrected chi connectivity index (χ1v) is 12.1. The van der Waals surface area contributed by atoms with Crippen LogP contribution in [0.15, 0.2) is 81.2 Å². The molecule has 0 aliphatic rings. The van der Waals surface area contributed by atoms with Gasteiger partial charge in [0.05, 0.1) is 31.0 Å².